The second-order valence-electron chi connectivity index (χ2n) is 5.54. The first kappa shape index (κ1) is 13.2. The number of aliphatic hydroxyl groups is 1. The number of amides is 1. The van der Waals surface area contributed by atoms with Gasteiger partial charge >= 0.3 is 0 Å². The Balaban J connectivity index is 1.81. The van der Waals surface area contributed by atoms with E-state index < -0.39 is 0 Å². The standard InChI is InChI=1S/C16H19NO3/c1-11(18)13-6-4-8-17(10-13)16(19)15-9-12-5-2-3-7-14(12)20-15/h2-3,5,7,9,11,13,18H,4,6,8,10H2,1H3. The van der Waals surface area contributed by atoms with Crippen LogP contribution in [0.5, 0.6) is 0 Å². The van der Waals surface area contributed by atoms with Crippen molar-refractivity contribution < 1.29 is 14.3 Å². The molecular formula is C16H19NO3. The van der Waals surface area contributed by atoms with E-state index in [4.69, 9.17) is 4.42 Å². The maximum atomic E-state index is 12.5. The summed E-state index contributed by atoms with van der Waals surface area (Å²) in [6.45, 7) is 3.13. The van der Waals surface area contributed by atoms with Crippen molar-refractivity contribution in [3.8, 4) is 0 Å². The predicted molar refractivity (Wildman–Crippen MR) is 76.5 cm³/mol. The van der Waals surface area contributed by atoms with Crippen LogP contribution in [-0.4, -0.2) is 35.1 Å². The number of carbonyl (C=O) groups excluding carboxylic acids is 1. The largest absolute Gasteiger partial charge is 0.451 e. The molecule has 1 aromatic carbocycles. The van der Waals surface area contributed by atoms with Crippen molar-refractivity contribution in [2.24, 2.45) is 5.92 Å². The van der Waals surface area contributed by atoms with Crippen molar-refractivity contribution in [1.29, 1.82) is 0 Å². The number of piperidine rings is 1. The number of hydrogen-bond acceptors (Lipinski definition) is 3. The lowest BCUT2D eigenvalue weighted by Crippen LogP contribution is -2.42. The van der Waals surface area contributed by atoms with E-state index in [-0.39, 0.29) is 17.9 Å². The summed E-state index contributed by atoms with van der Waals surface area (Å²) in [6, 6.07) is 9.41. The van der Waals surface area contributed by atoms with Gasteiger partial charge in [-0.15, -0.1) is 0 Å². The van der Waals surface area contributed by atoms with Crippen molar-refractivity contribution in [2.45, 2.75) is 25.9 Å². The first-order chi connectivity index (χ1) is 9.65. The summed E-state index contributed by atoms with van der Waals surface area (Å²) in [5.74, 6) is 0.473. The minimum Gasteiger partial charge on any atom is -0.451 e. The summed E-state index contributed by atoms with van der Waals surface area (Å²) in [4.78, 5) is 14.3. The molecule has 2 atom stereocenters. The highest BCUT2D eigenvalue weighted by atomic mass is 16.3. The molecule has 20 heavy (non-hydrogen) atoms. The van der Waals surface area contributed by atoms with Gasteiger partial charge in [0.2, 0.25) is 0 Å². The molecule has 4 nitrogen and oxygen atoms in total. The number of likely N-dealkylation sites (tertiary alicyclic amines) is 1. The van der Waals surface area contributed by atoms with Gasteiger partial charge in [-0.1, -0.05) is 18.2 Å². The van der Waals surface area contributed by atoms with Gasteiger partial charge in [-0.25, -0.2) is 0 Å². The molecule has 2 aromatic rings. The zero-order valence-corrected chi connectivity index (χ0v) is 11.6. The molecule has 2 unspecified atom stereocenters. The first-order valence-corrected chi connectivity index (χ1v) is 7.11. The molecule has 1 aliphatic rings. The summed E-state index contributed by atoms with van der Waals surface area (Å²) in [5, 5.41) is 10.6. The molecule has 0 bridgehead atoms. The second-order valence-corrected chi connectivity index (χ2v) is 5.54. The van der Waals surface area contributed by atoms with Crippen LogP contribution in [-0.2, 0) is 0 Å². The molecule has 1 fully saturated rings. The normalized spacial score (nSPS) is 21.1. The van der Waals surface area contributed by atoms with Crippen molar-refractivity contribution in [2.75, 3.05) is 13.1 Å². The Morgan fingerprint density at radius 3 is 3.00 bits per heavy atom. The number of aliphatic hydroxyl groups excluding tert-OH is 1. The number of hydrogen-bond donors (Lipinski definition) is 1. The Labute approximate surface area is 118 Å². The molecule has 106 valence electrons. The zero-order chi connectivity index (χ0) is 14.1. The molecule has 1 N–H and O–H groups in total. The van der Waals surface area contributed by atoms with Gasteiger partial charge in [-0.3, -0.25) is 4.79 Å². The summed E-state index contributed by atoms with van der Waals surface area (Å²) in [7, 11) is 0. The molecule has 0 radical (unpaired) electrons. The number of benzene rings is 1. The SMILES string of the molecule is CC(O)C1CCCN(C(=O)c2cc3ccccc3o2)C1. The zero-order valence-electron chi connectivity index (χ0n) is 11.6. The number of carbonyl (C=O) groups is 1. The van der Waals surface area contributed by atoms with Crippen LogP contribution in [0.2, 0.25) is 0 Å². The average Bonchev–Trinajstić information content (AvgIpc) is 2.90. The van der Waals surface area contributed by atoms with Crippen LogP contribution in [0.25, 0.3) is 11.0 Å². The van der Waals surface area contributed by atoms with E-state index in [0.29, 0.717) is 12.3 Å². The highest BCUT2D eigenvalue weighted by Gasteiger charge is 2.28. The lowest BCUT2D eigenvalue weighted by molar-refractivity contribution is 0.0444. The quantitative estimate of drug-likeness (QED) is 0.915. The summed E-state index contributed by atoms with van der Waals surface area (Å²) >= 11 is 0. The third kappa shape index (κ3) is 2.43. The topological polar surface area (TPSA) is 53.7 Å². The lowest BCUT2D eigenvalue weighted by Gasteiger charge is -2.33. The van der Waals surface area contributed by atoms with Gasteiger partial charge in [0.25, 0.3) is 5.91 Å². The van der Waals surface area contributed by atoms with Gasteiger partial charge in [-0.2, -0.15) is 0 Å². The number of fused-ring (bicyclic) bond motifs is 1. The molecule has 3 rings (SSSR count). The maximum Gasteiger partial charge on any atom is 0.289 e. The van der Waals surface area contributed by atoms with Gasteiger partial charge in [0, 0.05) is 24.4 Å². The van der Waals surface area contributed by atoms with Crippen LogP contribution in [0, 0.1) is 5.92 Å². The Bertz CT molecular complexity index is 584. The van der Waals surface area contributed by atoms with E-state index in [1.165, 1.54) is 0 Å². The van der Waals surface area contributed by atoms with Crippen LogP contribution in [0.4, 0.5) is 0 Å². The Morgan fingerprint density at radius 1 is 1.45 bits per heavy atom. The van der Waals surface area contributed by atoms with Crippen LogP contribution in [0.3, 0.4) is 0 Å². The minimum absolute atomic E-state index is 0.0773. The number of rotatable bonds is 2. The third-order valence-electron chi connectivity index (χ3n) is 4.06. The predicted octanol–water partition coefficient (Wildman–Crippen LogP) is 2.67. The fraction of sp³-hybridized carbons (Fsp3) is 0.438. The molecular weight excluding hydrogens is 254 g/mol. The second kappa shape index (κ2) is 5.29. The summed E-state index contributed by atoms with van der Waals surface area (Å²) in [6.07, 6.45) is 1.53. The molecule has 1 amide bonds. The van der Waals surface area contributed by atoms with Crippen LogP contribution >= 0.6 is 0 Å². The lowest BCUT2D eigenvalue weighted by atomic mass is 9.93. The van der Waals surface area contributed by atoms with E-state index in [2.05, 4.69) is 0 Å². The Hall–Kier alpha value is -1.81. The first-order valence-electron chi connectivity index (χ1n) is 7.11. The molecule has 1 aliphatic heterocycles. The van der Waals surface area contributed by atoms with Crippen molar-refractivity contribution >= 4 is 16.9 Å². The van der Waals surface area contributed by atoms with Crippen LogP contribution < -0.4 is 0 Å². The molecule has 0 spiro atoms. The average molecular weight is 273 g/mol. The monoisotopic (exact) mass is 273 g/mol. The number of furan rings is 1. The summed E-state index contributed by atoms with van der Waals surface area (Å²) in [5.41, 5.74) is 0.736. The highest BCUT2D eigenvalue weighted by Crippen LogP contribution is 2.24. The maximum absolute atomic E-state index is 12.5. The van der Waals surface area contributed by atoms with Crippen LogP contribution in [0.15, 0.2) is 34.7 Å². The van der Waals surface area contributed by atoms with E-state index >= 15 is 0 Å². The van der Waals surface area contributed by atoms with Gasteiger partial charge < -0.3 is 14.4 Å². The van der Waals surface area contributed by atoms with E-state index in [1.54, 1.807) is 17.9 Å². The van der Waals surface area contributed by atoms with Gasteiger partial charge in [-0.05, 0) is 31.9 Å². The van der Waals surface area contributed by atoms with E-state index in [1.807, 2.05) is 24.3 Å². The number of nitrogens with zero attached hydrogens (tertiary/aromatic N) is 1. The Morgan fingerprint density at radius 2 is 2.25 bits per heavy atom. The van der Waals surface area contributed by atoms with Crippen LogP contribution in [0.1, 0.15) is 30.3 Å². The Kier molecular flexibility index (Phi) is 3.49. The van der Waals surface area contributed by atoms with Crippen molar-refractivity contribution in [3.05, 3.63) is 36.1 Å². The highest BCUT2D eigenvalue weighted by molar-refractivity contribution is 5.96. The fourth-order valence-corrected chi connectivity index (χ4v) is 2.83. The van der Waals surface area contributed by atoms with Gasteiger partial charge in [0.05, 0.1) is 6.10 Å². The van der Waals surface area contributed by atoms with Crippen molar-refractivity contribution in [1.82, 2.24) is 4.90 Å². The number of para-hydroxylation sites is 1. The molecule has 0 saturated carbocycles. The van der Waals surface area contributed by atoms with E-state index in [0.717, 1.165) is 30.4 Å². The van der Waals surface area contributed by atoms with Gasteiger partial charge in [0.15, 0.2) is 5.76 Å². The van der Waals surface area contributed by atoms with Gasteiger partial charge in [0.1, 0.15) is 5.58 Å². The van der Waals surface area contributed by atoms with E-state index in [9.17, 15) is 9.90 Å². The van der Waals surface area contributed by atoms with Crippen molar-refractivity contribution in [3.63, 3.8) is 0 Å². The third-order valence-corrected chi connectivity index (χ3v) is 4.06. The smallest absolute Gasteiger partial charge is 0.289 e. The molecule has 1 saturated heterocycles. The minimum atomic E-state index is -0.374. The molecule has 4 heteroatoms. The fourth-order valence-electron chi connectivity index (χ4n) is 2.83. The molecule has 1 aromatic heterocycles. The summed E-state index contributed by atoms with van der Waals surface area (Å²) < 4.78 is 5.63. The molecule has 2 heterocycles. The molecule has 0 aliphatic carbocycles.